The van der Waals surface area contributed by atoms with E-state index in [0.717, 1.165) is 6.20 Å². The van der Waals surface area contributed by atoms with Gasteiger partial charge in [0.25, 0.3) is 0 Å². The van der Waals surface area contributed by atoms with E-state index in [1.807, 2.05) is 6.92 Å². The van der Waals surface area contributed by atoms with Crippen LogP contribution < -0.4 is 16.6 Å². The van der Waals surface area contributed by atoms with Crippen molar-refractivity contribution < 1.29 is 9.50 Å². The summed E-state index contributed by atoms with van der Waals surface area (Å²) in [7, 11) is 0. The van der Waals surface area contributed by atoms with Gasteiger partial charge < -0.3 is 10.4 Å². The van der Waals surface area contributed by atoms with Crippen molar-refractivity contribution >= 4 is 11.8 Å². The molecule has 0 aliphatic carbocycles. The molecular formula is C8H14FN5O. The molecule has 1 heterocycles. The smallest absolute Gasteiger partial charge is 0.239 e. The zero-order valence-corrected chi connectivity index (χ0v) is 8.37. The Balaban J connectivity index is 2.74. The summed E-state index contributed by atoms with van der Waals surface area (Å²) < 4.78 is 13.2. The monoisotopic (exact) mass is 215 g/mol. The molecule has 0 radical (unpaired) electrons. The molecule has 15 heavy (non-hydrogen) atoms. The van der Waals surface area contributed by atoms with Gasteiger partial charge in [-0.15, -0.1) is 0 Å². The first-order chi connectivity index (χ1) is 7.17. The van der Waals surface area contributed by atoms with Crippen molar-refractivity contribution in [2.24, 2.45) is 5.84 Å². The van der Waals surface area contributed by atoms with E-state index in [4.69, 9.17) is 10.9 Å². The van der Waals surface area contributed by atoms with E-state index in [9.17, 15) is 4.39 Å². The van der Waals surface area contributed by atoms with Crippen LogP contribution in [0.5, 0.6) is 0 Å². The van der Waals surface area contributed by atoms with Gasteiger partial charge in [-0.25, -0.2) is 15.2 Å². The first-order valence-corrected chi connectivity index (χ1v) is 4.54. The Morgan fingerprint density at radius 3 is 3.00 bits per heavy atom. The Morgan fingerprint density at radius 1 is 1.67 bits per heavy atom. The second-order valence-corrected chi connectivity index (χ2v) is 3.09. The van der Waals surface area contributed by atoms with Crippen LogP contribution in [0, 0.1) is 5.82 Å². The van der Waals surface area contributed by atoms with Gasteiger partial charge in [-0.3, -0.25) is 5.43 Å². The summed E-state index contributed by atoms with van der Waals surface area (Å²) in [6, 6.07) is -0.0787. The van der Waals surface area contributed by atoms with Crippen molar-refractivity contribution in [3.8, 4) is 0 Å². The number of aliphatic hydroxyl groups excluding tert-OH is 1. The third-order valence-corrected chi connectivity index (χ3v) is 1.82. The average molecular weight is 215 g/mol. The van der Waals surface area contributed by atoms with Crippen LogP contribution in [0.1, 0.15) is 13.3 Å². The maximum atomic E-state index is 13.2. The molecule has 84 valence electrons. The van der Waals surface area contributed by atoms with Gasteiger partial charge in [0, 0.05) is 12.6 Å². The number of nitrogens with zero attached hydrogens (tertiary/aromatic N) is 2. The van der Waals surface area contributed by atoms with Crippen molar-refractivity contribution in [1.82, 2.24) is 9.97 Å². The predicted octanol–water partition coefficient (Wildman–Crippen LogP) is 0.0841. The molecule has 0 saturated carbocycles. The highest BCUT2D eigenvalue weighted by Crippen LogP contribution is 2.12. The fourth-order valence-corrected chi connectivity index (χ4v) is 1.04. The van der Waals surface area contributed by atoms with E-state index < -0.39 is 5.82 Å². The van der Waals surface area contributed by atoms with E-state index in [1.165, 1.54) is 0 Å². The van der Waals surface area contributed by atoms with Gasteiger partial charge in [0.1, 0.15) is 0 Å². The molecule has 7 heteroatoms. The highest BCUT2D eigenvalue weighted by molar-refractivity contribution is 5.41. The van der Waals surface area contributed by atoms with E-state index in [0.29, 0.717) is 6.42 Å². The molecule has 1 rings (SSSR count). The van der Waals surface area contributed by atoms with Crippen LogP contribution in [0.4, 0.5) is 16.2 Å². The number of nitrogen functional groups attached to an aromatic ring is 1. The van der Waals surface area contributed by atoms with E-state index >= 15 is 0 Å². The number of rotatable bonds is 5. The van der Waals surface area contributed by atoms with E-state index in [1.54, 1.807) is 0 Å². The van der Waals surface area contributed by atoms with Crippen molar-refractivity contribution in [2.45, 2.75) is 19.4 Å². The molecule has 0 spiro atoms. The number of hydrazine groups is 1. The van der Waals surface area contributed by atoms with Crippen LogP contribution >= 0.6 is 0 Å². The normalized spacial score (nSPS) is 12.3. The Hall–Kier alpha value is -1.47. The van der Waals surface area contributed by atoms with Gasteiger partial charge >= 0.3 is 0 Å². The minimum atomic E-state index is -0.557. The van der Waals surface area contributed by atoms with Crippen LogP contribution in [0.15, 0.2) is 6.20 Å². The third-order valence-electron chi connectivity index (χ3n) is 1.82. The lowest BCUT2D eigenvalue weighted by Crippen LogP contribution is -2.20. The predicted molar refractivity (Wildman–Crippen MR) is 54.6 cm³/mol. The zero-order valence-electron chi connectivity index (χ0n) is 8.37. The molecular weight excluding hydrogens is 201 g/mol. The second kappa shape index (κ2) is 5.42. The summed E-state index contributed by atoms with van der Waals surface area (Å²) in [6.07, 6.45) is 1.53. The molecule has 6 nitrogen and oxygen atoms in total. The molecule has 1 unspecified atom stereocenters. The molecule has 0 fully saturated rings. The van der Waals surface area contributed by atoms with Gasteiger partial charge in [-0.1, -0.05) is 0 Å². The van der Waals surface area contributed by atoms with Gasteiger partial charge in [-0.2, -0.15) is 4.98 Å². The molecule has 5 N–H and O–H groups in total. The largest absolute Gasteiger partial charge is 0.396 e. The van der Waals surface area contributed by atoms with Gasteiger partial charge in [0.2, 0.25) is 5.95 Å². The molecule has 0 bridgehead atoms. The lowest BCUT2D eigenvalue weighted by molar-refractivity contribution is 0.282. The fraction of sp³-hybridized carbons (Fsp3) is 0.500. The van der Waals surface area contributed by atoms with Crippen molar-refractivity contribution in [1.29, 1.82) is 0 Å². The van der Waals surface area contributed by atoms with Gasteiger partial charge in [-0.05, 0) is 13.3 Å². The van der Waals surface area contributed by atoms with Crippen LogP contribution in [-0.2, 0) is 0 Å². The maximum Gasteiger partial charge on any atom is 0.239 e. The van der Waals surface area contributed by atoms with Gasteiger partial charge in [0.15, 0.2) is 11.6 Å². The number of hydrogen-bond acceptors (Lipinski definition) is 6. The Kier molecular flexibility index (Phi) is 4.19. The minimum absolute atomic E-state index is 0.0306. The minimum Gasteiger partial charge on any atom is -0.396 e. The van der Waals surface area contributed by atoms with Gasteiger partial charge in [0.05, 0.1) is 6.20 Å². The first kappa shape index (κ1) is 11.6. The molecule has 1 aromatic rings. The van der Waals surface area contributed by atoms with Crippen LogP contribution in [0.2, 0.25) is 0 Å². The van der Waals surface area contributed by atoms with Crippen LogP contribution in [-0.4, -0.2) is 27.7 Å². The number of aromatic nitrogens is 2. The number of anilines is 2. The quantitative estimate of drug-likeness (QED) is 0.410. The Morgan fingerprint density at radius 2 is 2.40 bits per heavy atom. The second-order valence-electron chi connectivity index (χ2n) is 3.09. The number of nitrogens with two attached hydrogens (primary N) is 1. The lowest BCUT2D eigenvalue weighted by Gasteiger charge is -2.13. The standard InChI is InChI=1S/C8H14FN5O/c1-5(2-3-15)12-7-6(9)4-11-8(13-7)14-10/h4-5,15H,2-3,10H2,1H3,(H2,11,12,13,14). The van der Waals surface area contributed by atoms with Crippen LogP contribution in [0.25, 0.3) is 0 Å². The molecule has 0 saturated heterocycles. The summed E-state index contributed by atoms with van der Waals surface area (Å²) in [5.41, 5.74) is 2.22. The van der Waals surface area contributed by atoms with Crippen molar-refractivity contribution in [3.63, 3.8) is 0 Å². The summed E-state index contributed by atoms with van der Waals surface area (Å²) in [6.45, 7) is 1.84. The maximum absolute atomic E-state index is 13.2. The number of nitrogens with one attached hydrogen (secondary N) is 2. The first-order valence-electron chi connectivity index (χ1n) is 4.54. The van der Waals surface area contributed by atoms with E-state index in [2.05, 4.69) is 20.7 Å². The third kappa shape index (κ3) is 3.30. The number of halogens is 1. The lowest BCUT2D eigenvalue weighted by atomic mass is 10.2. The molecule has 0 amide bonds. The Labute approximate surface area is 86.7 Å². The molecule has 0 aliphatic heterocycles. The topological polar surface area (TPSA) is 96.1 Å². The van der Waals surface area contributed by atoms with Crippen molar-refractivity contribution in [2.75, 3.05) is 17.3 Å². The van der Waals surface area contributed by atoms with Crippen LogP contribution in [0.3, 0.4) is 0 Å². The zero-order chi connectivity index (χ0) is 11.3. The SMILES string of the molecule is CC(CCO)Nc1nc(NN)ncc1F. The molecule has 0 aliphatic rings. The summed E-state index contributed by atoms with van der Waals surface area (Å²) in [4.78, 5) is 7.40. The number of aliphatic hydroxyl groups is 1. The van der Waals surface area contributed by atoms with Crippen molar-refractivity contribution in [3.05, 3.63) is 12.0 Å². The Bertz CT molecular complexity index is 322. The highest BCUT2D eigenvalue weighted by atomic mass is 19.1. The molecule has 1 atom stereocenters. The molecule has 1 aromatic heterocycles. The fourth-order valence-electron chi connectivity index (χ4n) is 1.04. The molecule has 0 aromatic carbocycles. The summed E-state index contributed by atoms with van der Waals surface area (Å²) in [5, 5.41) is 11.5. The average Bonchev–Trinajstić information content (AvgIpc) is 2.21. The van der Waals surface area contributed by atoms with E-state index in [-0.39, 0.29) is 24.4 Å². The number of hydrogen-bond donors (Lipinski definition) is 4. The summed E-state index contributed by atoms with van der Waals surface area (Å²) in [5.74, 6) is 4.74. The highest BCUT2D eigenvalue weighted by Gasteiger charge is 2.09. The summed E-state index contributed by atoms with van der Waals surface area (Å²) >= 11 is 0.